The highest BCUT2D eigenvalue weighted by atomic mass is 19.1. The van der Waals surface area contributed by atoms with Crippen LogP contribution in [0.25, 0.3) is 12.2 Å². The Morgan fingerprint density at radius 3 is 2.43 bits per heavy atom. The summed E-state index contributed by atoms with van der Waals surface area (Å²) < 4.78 is 13.1. The zero-order valence-corrected chi connectivity index (χ0v) is 14.7. The van der Waals surface area contributed by atoms with Crippen molar-refractivity contribution in [2.24, 2.45) is 0 Å². The molecule has 0 aromatic heterocycles. The number of amides is 2. The molecule has 0 fully saturated rings. The van der Waals surface area contributed by atoms with Crippen LogP contribution < -0.4 is 10.2 Å². The molecule has 5 rings (SSSR count). The number of para-hydroxylation sites is 2. The zero-order valence-electron chi connectivity index (χ0n) is 14.7. The summed E-state index contributed by atoms with van der Waals surface area (Å²) >= 11 is 0. The lowest BCUT2D eigenvalue weighted by Crippen LogP contribution is -2.31. The predicted octanol–water partition coefficient (Wildman–Crippen LogP) is 4.71. The third-order valence-electron chi connectivity index (χ3n) is 5.09. The number of carbonyl (C=O) groups is 2. The number of hydrogen-bond acceptors (Lipinski definition) is 2. The molecule has 0 radical (unpaired) electrons. The van der Waals surface area contributed by atoms with Gasteiger partial charge in [0.2, 0.25) is 11.8 Å². The summed E-state index contributed by atoms with van der Waals surface area (Å²) in [5, 5.41) is 2.74. The van der Waals surface area contributed by atoms with E-state index in [1.165, 1.54) is 24.3 Å². The maximum atomic E-state index is 13.4. The van der Waals surface area contributed by atoms with E-state index in [0.29, 0.717) is 11.3 Å². The van der Waals surface area contributed by atoms with Crippen molar-refractivity contribution < 1.29 is 14.0 Å². The first-order valence-electron chi connectivity index (χ1n) is 8.94. The molecular formula is C23H15FN2O2. The second kappa shape index (κ2) is 6.16. The smallest absolute Gasteiger partial charge is 0.248 e. The normalized spacial score (nSPS) is 16.4. The number of nitrogens with one attached hydrogen (secondary N) is 1. The van der Waals surface area contributed by atoms with Crippen molar-refractivity contribution in [1.82, 2.24) is 0 Å². The van der Waals surface area contributed by atoms with Crippen molar-refractivity contribution in [3.8, 4) is 0 Å². The number of nitrogens with zero attached hydrogens (tertiary/aromatic N) is 1. The Balaban J connectivity index is 1.60. The molecule has 28 heavy (non-hydrogen) atoms. The molecule has 0 spiro atoms. The molecule has 0 saturated heterocycles. The Labute approximate surface area is 160 Å². The van der Waals surface area contributed by atoms with E-state index in [0.717, 1.165) is 22.5 Å². The molecule has 3 aromatic carbocycles. The maximum Gasteiger partial charge on any atom is 0.248 e. The number of rotatable bonds is 2. The highest BCUT2D eigenvalue weighted by molar-refractivity contribution is 6.24. The monoisotopic (exact) mass is 370 g/mol. The van der Waals surface area contributed by atoms with Crippen molar-refractivity contribution in [2.45, 2.75) is 5.92 Å². The third kappa shape index (κ3) is 2.44. The van der Waals surface area contributed by atoms with Gasteiger partial charge in [0.1, 0.15) is 11.7 Å². The van der Waals surface area contributed by atoms with E-state index in [1.807, 2.05) is 54.6 Å². The highest BCUT2D eigenvalue weighted by Crippen LogP contribution is 2.47. The van der Waals surface area contributed by atoms with Crippen molar-refractivity contribution in [3.63, 3.8) is 0 Å². The fourth-order valence-electron chi connectivity index (χ4n) is 3.83. The topological polar surface area (TPSA) is 49.4 Å². The van der Waals surface area contributed by atoms with Crippen LogP contribution in [0.5, 0.6) is 0 Å². The molecule has 2 aliphatic rings. The zero-order chi connectivity index (χ0) is 19.3. The van der Waals surface area contributed by atoms with Crippen LogP contribution in [-0.4, -0.2) is 11.8 Å². The average Bonchev–Trinajstić information content (AvgIpc) is 2.89. The third-order valence-corrected chi connectivity index (χ3v) is 5.09. The van der Waals surface area contributed by atoms with Gasteiger partial charge in [0.15, 0.2) is 0 Å². The highest BCUT2D eigenvalue weighted by Gasteiger charge is 2.44. The van der Waals surface area contributed by atoms with Gasteiger partial charge in [0.05, 0.1) is 11.4 Å². The second-order valence-electron chi connectivity index (χ2n) is 6.78. The summed E-state index contributed by atoms with van der Waals surface area (Å²) in [6.45, 7) is 0. The van der Waals surface area contributed by atoms with Gasteiger partial charge in [-0.15, -0.1) is 0 Å². The van der Waals surface area contributed by atoms with Gasteiger partial charge in [0, 0.05) is 5.69 Å². The second-order valence-corrected chi connectivity index (χ2v) is 6.78. The number of benzene rings is 3. The minimum atomic E-state index is -0.959. The van der Waals surface area contributed by atoms with Gasteiger partial charge in [-0.1, -0.05) is 48.6 Å². The quantitative estimate of drug-likeness (QED) is 0.664. The standard InChI is InChI=1S/C23H15FN2O2/c24-16-10-12-17(13-11-16)25-22(27)20-18-6-3-5-15-9-8-14-4-1-2-7-19(14)26(21(15)18)23(20)28/h1-13,20H,(H,25,27). The summed E-state index contributed by atoms with van der Waals surface area (Å²) in [5.74, 6) is -2.07. The molecular weight excluding hydrogens is 355 g/mol. The minimum Gasteiger partial charge on any atom is -0.325 e. The number of anilines is 3. The van der Waals surface area contributed by atoms with Crippen LogP contribution in [0.15, 0.2) is 66.7 Å². The van der Waals surface area contributed by atoms with Gasteiger partial charge >= 0.3 is 0 Å². The summed E-state index contributed by atoms with van der Waals surface area (Å²) in [6, 6.07) is 18.7. The predicted molar refractivity (Wildman–Crippen MR) is 107 cm³/mol. The van der Waals surface area contributed by atoms with Crippen LogP contribution in [-0.2, 0) is 9.59 Å². The van der Waals surface area contributed by atoms with Gasteiger partial charge in [0.25, 0.3) is 0 Å². The van der Waals surface area contributed by atoms with E-state index in [4.69, 9.17) is 0 Å². The average molecular weight is 370 g/mol. The Bertz CT molecular complexity index is 1150. The van der Waals surface area contributed by atoms with Gasteiger partial charge in [-0.05, 0) is 47.0 Å². The van der Waals surface area contributed by atoms with Crippen molar-refractivity contribution in [2.75, 3.05) is 10.2 Å². The van der Waals surface area contributed by atoms with Crippen LogP contribution in [0, 0.1) is 5.82 Å². The molecule has 1 unspecified atom stereocenters. The first-order valence-corrected chi connectivity index (χ1v) is 8.94. The number of hydrogen-bond donors (Lipinski definition) is 1. The summed E-state index contributed by atoms with van der Waals surface area (Å²) in [6.07, 6.45) is 3.94. The molecule has 3 aromatic rings. The molecule has 4 nitrogen and oxygen atoms in total. The van der Waals surface area contributed by atoms with Crippen LogP contribution in [0.1, 0.15) is 22.6 Å². The fraction of sp³-hybridized carbons (Fsp3) is 0.0435. The molecule has 1 N–H and O–H groups in total. The molecule has 0 saturated carbocycles. The molecule has 2 aliphatic heterocycles. The Hall–Kier alpha value is -3.73. The van der Waals surface area contributed by atoms with Crippen molar-refractivity contribution in [1.29, 1.82) is 0 Å². The van der Waals surface area contributed by atoms with Crippen LogP contribution >= 0.6 is 0 Å². The van der Waals surface area contributed by atoms with Crippen LogP contribution in [0.4, 0.5) is 21.5 Å². The van der Waals surface area contributed by atoms with Crippen molar-refractivity contribution in [3.05, 3.63) is 89.2 Å². The maximum absolute atomic E-state index is 13.4. The number of halogens is 1. The Morgan fingerprint density at radius 2 is 1.61 bits per heavy atom. The lowest BCUT2D eigenvalue weighted by Gasteiger charge is -2.20. The largest absolute Gasteiger partial charge is 0.325 e. The van der Waals surface area contributed by atoms with Crippen LogP contribution in [0.2, 0.25) is 0 Å². The van der Waals surface area contributed by atoms with Crippen molar-refractivity contribution >= 4 is 41.0 Å². The van der Waals surface area contributed by atoms with Gasteiger partial charge in [-0.2, -0.15) is 0 Å². The van der Waals surface area contributed by atoms with Crippen LogP contribution in [0.3, 0.4) is 0 Å². The van der Waals surface area contributed by atoms with Gasteiger partial charge in [-0.3, -0.25) is 14.5 Å². The first kappa shape index (κ1) is 16.4. The van der Waals surface area contributed by atoms with E-state index in [2.05, 4.69) is 5.32 Å². The summed E-state index contributed by atoms with van der Waals surface area (Å²) in [5.41, 5.74) is 4.42. The number of fused-ring (bicyclic) bond motifs is 2. The summed E-state index contributed by atoms with van der Waals surface area (Å²) in [4.78, 5) is 28.0. The molecule has 2 amide bonds. The lowest BCUT2D eigenvalue weighted by molar-refractivity contribution is -0.126. The van der Waals surface area contributed by atoms with E-state index in [-0.39, 0.29) is 11.7 Å². The van der Waals surface area contributed by atoms with E-state index in [1.54, 1.807) is 4.90 Å². The van der Waals surface area contributed by atoms with E-state index >= 15 is 0 Å². The van der Waals surface area contributed by atoms with E-state index in [9.17, 15) is 14.0 Å². The molecule has 0 bridgehead atoms. The molecule has 136 valence electrons. The molecule has 1 atom stereocenters. The Kier molecular flexibility index (Phi) is 3.62. The lowest BCUT2D eigenvalue weighted by atomic mass is 9.97. The fourth-order valence-corrected chi connectivity index (χ4v) is 3.83. The SMILES string of the molecule is O=C(Nc1ccc(F)cc1)C1C(=O)N2c3ccccc3C=Cc3cccc1c32. The summed E-state index contributed by atoms with van der Waals surface area (Å²) in [7, 11) is 0. The first-order chi connectivity index (χ1) is 13.6. The molecule has 2 heterocycles. The van der Waals surface area contributed by atoms with E-state index < -0.39 is 11.8 Å². The van der Waals surface area contributed by atoms with Gasteiger partial charge < -0.3 is 5.32 Å². The Morgan fingerprint density at radius 1 is 0.893 bits per heavy atom. The number of carbonyl (C=O) groups excluding carboxylic acids is 2. The minimum absolute atomic E-state index is 0.293. The molecule has 5 heteroatoms. The molecule has 0 aliphatic carbocycles. The van der Waals surface area contributed by atoms with Gasteiger partial charge in [-0.25, -0.2) is 4.39 Å².